The monoisotopic (exact) mass is 272 g/mol. The molecular formula is C15H20N4O. The van der Waals surface area contributed by atoms with Gasteiger partial charge in [-0.2, -0.15) is 5.10 Å². The number of aromatic nitrogens is 3. The van der Waals surface area contributed by atoms with E-state index in [4.69, 9.17) is 0 Å². The fourth-order valence-corrected chi connectivity index (χ4v) is 3.75. The minimum absolute atomic E-state index is 0.159. The summed E-state index contributed by atoms with van der Waals surface area (Å²) >= 11 is 0. The molecule has 3 atom stereocenters. The molecule has 0 aromatic carbocycles. The average Bonchev–Trinajstić information content (AvgIpc) is 2.93. The smallest absolute Gasteiger partial charge is 0.154 e. The first-order valence-corrected chi connectivity index (χ1v) is 7.50. The fraction of sp³-hybridized carbons (Fsp3) is 0.600. The van der Waals surface area contributed by atoms with Crippen LogP contribution in [0.1, 0.15) is 31.2 Å². The van der Waals surface area contributed by atoms with Crippen LogP contribution >= 0.6 is 0 Å². The lowest BCUT2D eigenvalue weighted by Gasteiger charge is -2.45. The van der Waals surface area contributed by atoms with Crippen LogP contribution in [0.2, 0.25) is 0 Å². The Morgan fingerprint density at radius 2 is 2.25 bits per heavy atom. The van der Waals surface area contributed by atoms with Crippen molar-refractivity contribution in [3.63, 3.8) is 0 Å². The summed E-state index contributed by atoms with van der Waals surface area (Å²) in [5.41, 5.74) is 2.04. The molecule has 4 rings (SSSR count). The maximum Gasteiger partial charge on any atom is 0.154 e. The van der Waals surface area contributed by atoms with Gasteiger partial charge in [0.25, 0.3) is 0 Å². The molecule has 3 heterocycles. The highest BCUT2D eigenvalue weighted by Gasteiger charge is 2.37. The van der Waals surface area contributed by atoms with Gasteiger partial charge in [-0.1, -0.05) is 0 Å². The van der Waals surface area contributed by atoms with E-state index >= 15 is 0 Å². The second-order valence-electron chi connectivity index (χ2n) is 6.17. The van der Waals surface area contributed by atoms with Crippen molar-refractivity contribution >= 4 is 5.65 Å². The van der Waals surface area contributed by atoms with Gasteiger partial charge in [-0.25, -0.2) is 9.50 Å². The van der Waals surface area contributed by atoms with Gasteiger partial charge in [0.1, 0.15) is 0 Å². The number of piperidine rings is 1. The van der Waals surface area contributed by atoms with E-state index in [1.165, 1.54) is 12.8 Å². The van der Waals surface area contributed by atoms with Crippen molar-refractivity contribution in [2.45, 2.75) is 44.4 Å². The first kappa shape index (κ1) is 12.3. The Labute approximate surface area is 118 Å². The molecule has 5 heteroatoms. The van der Waals surface area contributed by atoms with E-state index in [1.807, 2.05) is 23.0 Å². The third-order valence-corrected chi connectivity index (χ3v) is 4.87. The molecule has 2 aromatic rings. The first-order chi connectivity index (χ1) is 9.79. The maximum atomic E-state index is 10.2. The molecule has 2 aliphatic rings. The number of fused-ring (bicyclic) bond motifs is 3. The predicted octanol–water partition coefficient (Wildman–Crippen LogP) is 1.46. The summed E-state index contributed by atoms with van der Waals surface area (Å²) in [4.78, 5) is 6.84. The highest BCUT2D eigenvalue weighted by atomic mass is 16.3. The molecule has 20 heavy (non-hydrogen) atoms. The van der Waals surface area contributed by atoms with Gasteiger partial charge in [0.15, 0.2) is 5.65 Å². The topological polar surface area (TPSA) is 53.7 Å². The molecule has 2 fully saturated rings. The Kier molecular flexibility index (Phi) is 2.97. The third kappa shape index (κ3) is 2.11. The van der Waals surface area contributed by atoms with Crippen molar-refractivity contribution in [1.82, 2.24) is 19.5 Å². The summed E-state index contributed by atoms with van der Waals surface area (Å²) in [6.07, 6.45) is 10.2. The van der Waals surface area contributed by atoms with Crippen LogP contribution in [-0.2, 0) is 6.54 Å². The molecule has 106 valence electrons. The molecule has 0 amide bonds. The number of hydrogen-bond acceptors (Lipinski definition) is 4. The molecular weight excluding hydrogens is 252 g/mol. The summed E-state index contributed by atoms with van der Waals surface area (Å²) in [5.74, 6) is 0.825. The minimum atomic E-state index is -0.159. The molecule has 1 N–H and O–H groups in total. The standard InChI is InChI=1S/C15H20N4O/c20-14-2-1-11-4-6-18(13(14)7-11)9-12-8-16-15-3-5-17-19(15)10-12/h3,5,8,10-11,13-14,20H,1-2,4,6-7,9H2. The Bertz CT molecular complexity index is 611. The molecule has 0 spiro atoms. The van der Waals surface area contributed by atoms with Gasteiger partial charge in [-0.15, -0.1) is 0 Å². The number of nitrogens with zero attached hydrogens (tertiary/aromatic N) is 4. The predicted molar refractivity (Wildman–Crippen MR) is 75.1 cm³/mol. The van der Waals surface area contributed by atoms with E-state index in [9.17, 15) is 5.11 Å². The van der Waals surface area contributed by atoms with Crippen LogP contribution in [0.3, 0.4) is 0 Å². The van der Waals surface area contributed by atoms with E-state index < -0.39 is 0 Å². The zero-order valence-electron chi connectivity index (χ0n) is 11.5. The van der Waals surface area contributed by atoms with Crippen molar-refractivity contribution in [2.24, 2.45) is 5.92 Å². The van der Waals surface area contributed by atoms with Gasteiger partial charge in [-0.3, -0.25) is 4.90 Å². The van der Waals surface area contributed by atoms with Crippen LogP contribution in [0.15, 0.2) is 24.7 Å². The fourth-order valence-electron chi connectivity index (χ4n) is 3.75. The van der Waals surface area contributed by atoms with Crippen molar-refractivity contribution in [2.75, 3.05) is 6.54 Å². The molecule has 1 saturated heterocycles. The second-order valence-corrected chi connectivity index (χ2v) is 6.17. The zero-order chi connectivity index (χ0) is 13.5. The van der Waals surface area contributed by atoms with Crippen LogP contribution in [0.25, 0.3) is 5.65 Å². The molecule has 2 bridgehead atoms. The summed E-state index contributed by atoms with van der Waals surface area (Å²) in [6.45, 7) is 1.95. The SMILES string of the molecule is OC1CCC2CCN(Cc3cnc4ccnn4c3)C1C2. The number of rotatable bonds is 2. The molecule has 2 aromatic heterocycles. The van der Waals surface area contributed by atoms with E-state index in [-0.39, 0.29) is 6.10 Å². The van der Waals surface area contributed by atoms with Crippen molar-refractivity contribution in [3.05, 3.63) is 30.2 Å². The van der Waals surface area contributed by atoms with Crippen LogP contribution in [0.4, 0.5) is 0 Å². The molecule has 1 saturated carbocycles. The molecule has 1 aliphatic carbocycles. The maximum absolute atomic E-state index is 10.2. The lowest BCUT2D eigenvalue weighted by Crippen LogP contribution is -2.51. The lowest BCUT2D eigenvalue weighted by atomic mass is 9.78. The molecule has 1 aliphatic heterocycles. The van der Waals surface area contributed by atoms with Gasteiger partial charge in [0.2, 0.25) is 0 Å². The van der Waals surface area contributed by atoms with E-state index in [2.05, 4.69) is 15.0 Å². The van der Waals surface area contributed by atoms with Crippen LogP contribution < -0.4 is 0 Å². The molecule has 3 unspecified atom stereocenters. The second kappa shape index (κ2) is 4.82. The number of likely N-dealkylation sites (tertiary alicyclic amines) is 1. The lowest BCUT2D eigenvalue weighted by molar-refractivity contribution is -0.0312. The van der Waals surface area contributed by atoms with Gasteiger partial charge in [0, 0.05) is 36.6 Å². The molecule has 0 radical (unpaired) electrons. The quantitative estimate of drug-likeness (QED) is 0.899. The van der Waals surface area contributed by atoms with Gasteiger partial charge >= 0.3 is 0 Å². The number of hydrogen-bond donors (Lipinski definition) is 1. The summed E-state index contributed by atoms with van der Waals surface area (Å²) in [7, 11) is 0. The van der Waals surface area contributed by atoms with Crippen LogP contribution in [-0.4, -0.2) is 43.3 Å². The Morgan fingerprint density at radius 1 is 1.30 bits per heavy atom. The van der Waals surface area contributed by atoms with Crippen LogP contribution in [0.5, 0.6) is 0 Å². The number of aliphatic hydroxyl groups excluding tert-OH is 1. The summed E-state index contributed by atoms with van der Waals surface area (Å²) in [5, 5.41) is 14.5. The largest absolute Gasteiger partial charge is 0.391 e. The van der Waals surface area contributed by atoms with Crippen LogP contribution in [0, 0.1) is 5.92 Å². The Morgan fingerprint density at radius 3 is 3.20 bits per heavy atom. The molecule has 5 nitrogen and oxygen atoms in total. The first-order valence-electron chi connectivity index (χ1n) is 7.50. The van der Waals surface area contributed by atoms with Gasteiger partial charge in [0.05, 0.1) is 12.3 Å². The summed E-state index contributed by atoms with van der Waals surface area (Å²) in [6, 6.07) is 2.23. The minimum Gasteiger partial charge on any atom is -0.391 e. The Balaban J connectivity index is 1.55. The number of aliphatic hydroxyl groups is 1. The van der Waals surface area contributed by atoms with E-state index in [0.717, 1.165) is 43.1 Å². The summed E-state index contributed by atoms with van der Waals surface area (Å²) < 4.78 is 1.82. The average molecular weight is 272 g/mol. The van der Waals surface area contributed by atoms with Crippen molar-refractivity contribution in [3.8, 4) is 0 Å². The van der Waals surface area contributed by atoms with Gasteiger partial charge in [-0.05, 0) is 38.1 Å². The van der Waals surface area contributed by atoms with Crippen molar-refractivity contribution in [1.29, 1.82) is 0 Å². The van der Waals surface area contributed by atoms with E-state index in [0.29, 0.717) is 6.04 Å². The third-order valence-electron chi connectivity index (χ3n) is 4.87. The highest BCUT2D eigenvalue weighted by molar-refractivity contribution is 5.35. The Hall–Kier alpha value is -1.46. The highest BCUT2D eigenvalue weighted by Crippen LogP contribution is 2.35. The normalized spacial score (nSPS) is 30.8. The van der Waals surface area contributed by atoms with Gasteiger partial charge < -0.3 is 5.11 Å². The van der Waals surface area contributed by atoms with E-state index in [1.54, 1.807) is 6.20 Å². The zero-order valence-corrected chi connectivity index (χ0v) is 11.5. The van der Waals surface area contributed by atoms with Crippen molar-refractivity contribution < 1.29 is 5.11 Å².